The minimum absolute atomic E-state index is 0.0779. The minimum atomic E-state index is -0.286. The van der Waals surface area contributed by atoms with Crippen LogP contribution in [0.5, 0.6) is 0 Å². The van der Waals surface area contributed by atoms with E-state index in [4.69, 9.17) is 23.0 Å². The molecule has 2 aromatic carbocycles. The molecule has 4 atom stereocenters. The lowest BCUT2D eigenvalue weighted by molar-refractivity contribution is -0.0448. The van der Waals surface area contributed by atoms with Gasteiger partial charge in [-0.15, -0.1) is 13.2 Å². The number of alkyl halides is 1. The zero-order chi connectivity index (χ0) is 36.6. The van der Waals surface area contributed by atoms with Crippen LogP contribution >= 0.6 is 15.9 Å². The molecule has 51 heavy (non-hydrogen) atoms. The molecule has 4 unspecified atom stereocenters. The maximum Gasteiger partial charge on any atom is 0.226 e. The van der Waals surface area contributed by atoms with E-state index in [1.165, 1.54) is 24.3 Å². The Morgan fingerprint density at radius 2 is 1.16 bits per heavy atom. The number of aliphatic hydroxyl groups is 1. The Labute approximate surface area is 308 Å². The van der Waals surface area contributed by atoms with Gasteiger partial charge >= 0.3 is 0 Å². The zero-order valence-corrected chi connectivity index (χ0v) is 31.1. The first kappa shape index (κ1) is 40.3. The van der Waals surface area contributed by atoms with Gasteiger partial charge in [-0.3, -0.25) is 0 Å². The normalized spacial score (nSPS) is 20.0. The highest BCUT2D eigenvalue weighted by Gasteiger charge is 2.24. The monoisotopic (exact) mass is 770 g/mol. The van der Waals surface area contributed by atoms with Crippen LogP contribution in [0.2, 0.25) is 0 Å². The molecular formula is C40H49BrF2N2O6. The number of nitrogens with zero attached hydrogens (tertiary/aromatic N) is 2. The zero-order valence-electron chi connectivity index (χ0n) is 29.5. The molecule has 4 aromatic rings. The van der Waals surface area contributed by atoms with Crippen LogP contribution in [-0.2, 0) is 27.4 Å². The van der Waals surface area contributed by atoms with E-state index >= 15 is 0 Å². The number of aromatic nitrogens is 2. The molecule has 8 nitrogen and oxygen atoms in total. The number of hydrogen-bond donors (Lipinski definition) is 1. The molecule has 0 amide bonds. The van der Waals surface area contributed by atoms with Gasteiger partial charge in [0.25, 0.3) is 0 Å². The third-order valence-electron chi connectivity index (χ3n) is 8.61. The number of aryl methyl sites for hydroxylation is 2. The standard InChI is InChI=1S/C20H24FNO3.C17H20FNO3.C3H5Br/c1-3-11-23-17-5-4-6-18(12-17)24-13-19-14(2)25-20(22-19)15-7-9-16(21)10-8-15;1-11-16(10-21-15-4-2-3-14(20)9-15)19-17(22-11)12-5-7-13(18)8-6-12;1-2-3-4/h3,7-10,17-18H,1,4-6,11-13H2,2H3;5-8,14-15,20H,2-4,9-10H2,1H3;2H,1,3H2. The molecule has 11 heteroatoms. The van der Waals surface area contributed by atoms with Crippen molar-refractivity contribution in [3.63, 3.8) is 0 Å². The smallest absolute Gasteiger partial charge is 0.226 e. The predicted molar refractivity (Wildman–Crippen MR) is 197 cm³/mol. The summed E-state index contributed by atoms with van der Waals surface area (Å²) in [6.07, 6.45) is 11.4. The Morgan fingerprint density at radius 3 is 1.59 bits per heavy atom. The Balaban J connectivity index is 0.000000208. The van der Waals surface area contributed by atoms with Crippen LogP contribution < -0.4 is 0 Å². The van der Waals surface area contributed by atoms with Crippen molar-refractivity contribution in [3.8, 4) is 22.9 Å². The van der Waals surface area contributed by atoms with Crippen molar-refractivity contribution < 1.29 is 36.9 Å². The van der Waals surface area contributed by atoms with Crippen LogP contribution in [0, 0.1) is 25.5 Å². The van der Waals surface area contributed by atoms with Crippen molar-refractivity contribution in [2.45, 2.75) is 103 Å². The van der Waals surface area contributed by atoms with E-state index in [9.17, 15) is 13.9 Å². The highest BCUT2D eigenvalue weighted by atomic mass is 79.9. The molecule has 0 saturated heterocycles. The Hall–Kier alpha value is -3.48. The van der Waals surface area contributed by atoms with Crippen molar-refractivity contribution in [1.29, 1.82) is 0 Å². The van der Waals surface area contributed by atoms with Crippen molar-refractivity contribution in [1.82, 2.24) is 9.97 Å². The van der Waals surface area contributed by atoms with Gasteiger partial charge < -0.3 is 28.2 Å². The highest BCUT2D eigenvalue weighted by Crippen LogP contribution is 2.28. The molecule has 6 rings (SSSR count). The van der Waals surface area contributed by atoms with Gasteiger partial charge in [0.05, 0.1) is 44.2 Å². The molecule has 0 spiro atoms. The summed E-state index contributed by atoms with van der Waals surface area (Å²) in [6, 6.07) is 12.2. The number of ether oxygens (including phenoxy) is 3. The predicted octanol–water partition coefficient (Wildman–Crippen LogP) is 10.00. The fourth-order valence-electron chi connectivity index (χ4n) is 5.83. The maximum absolute atomic E-state index is 13.0. The second kappa shape index (κ2) is 21.1. The molecule has 2 aliphatic carbocycles. The van der Waals surface area contributed by atoms with Gasteiger partial charge in [0, 0.05) is 16.5 Å². The molecule has 0 aliphatic heterocycles. The molecule has 0 bridgehead atoms. The molecule has 2 fully saturated rings. The van der Waals surface area contributed by atoms with Crippen LogP contribution in [0.25, 0.3) is 22.9 Å². The van der Waals surface area contributed by atoms with Gasteiger partial charge in [-0.05, 0) is 114 Å². The van der Waals surface area contributed by atoms with Crippen LogP contribution in [-0.4, -0.2) is 51.4 Å². The molecule has 2 heterocycles. The van der Waals surface area contributed by atoms with Crippen molar-refractivity contribution in [2.24, 2.45) is 0 Å². The molecule has 0 radical (unpaired) electrons. The van der Waals surface area contributed by atoms with Gasteiger partial charge in [-0.25, -0.2) is 18.7 Å². The van der Waals surface area contributed by atoms with Crippen molar-refractivity contribution >= 4 is 15.9 Å². The van der Waals surface area contributed by atoms with Crippen LogP contribution in [0.3, 0.4) is 0 Å². The number of rotatable bonds is 12. The number of hydrogen-bond acceptors (Lipinski definition) is 8. The van der Waals surface area contributed by atoms with Crippen LogP contribution in [0.1, 0.15) is 74.3 Å². The quantitative estimate of drug-likeness (QED) is 0.112. The van der Waals surface area contributed by atoms with Crippen LogP contribution in [0.4, 0.5) is 8.78 Å². The average molecular weight is 772 g/mol. The number of oxazole rings is 2. The van der Waals surface area contributed by atoms with Crippen molar-refractivity contribution in [3.05, 3.63) is 108 Å². The van der Waals surface area contributed by atoms with E-state index in [2.05, 4.69) is 39.1 Å². The Morgan fingerprint density at radius 1 is 0.725 bits per heavy atom. The summed E-state index contributed by atoms with van der Waals surface area (Å²) in [6.45, 7) is 12.2. The lowest BCUT2D eigenvalue weighted by Gasteiger charge is -2.28. The van der Waals surface area contributed by atoms with Gasteiger partial charge in [-0.1, -0.05) is 28.1 Å². The third-order valence-corrected chi connectivity index (χ3v) is 9.07. The van der Waals surface area contributed by atoms with Crippen molar-refractivity contribution in [2.75, 3.05) is 11.9 Å². The Bertz CT molecular complexity index is 1620. The second-order valence-electron chi connectivity index (χ2n) is 12.6. The van der Waals surface area contributed by atoms with E-state index in [1.807, 2.05) is 13.8 Å². The molecule has 2 saturated carbocycles. The number of allylic oxidation sites excluding steroid dienone is 1. The Kier molecular flexibility index (Phi) is 16.7. The molecular weight excluding hydrogens is 722 g/mol. The van der Waals surface area contributed by atoms with Gasteiger partial charge in [0.1, 0.15) is 34.5 Å². The molecule has 2 aromatic heterocycles. The summed E-state index contributed by atoms with van der Waals surface area (Å²) < 4.78 is 55.0. The fraction of sp³-hybridized carbons (Fsp3) is 0.450. The van der Waals surface area contributed by atoms with Gasteiger partial charge in [0.2, 0.25) is 11.8 Å². The first-order valence-corrected chi connectivity index (χ1v) is 18.6. The first-order chi connectivity index (χ1) is 24.7. The van der Waals surface area contributed by atoms with E-state index in [1.54, 1.807) is 36.4 Å². The highest BCUT2D eigenvalue weighted by molar-refractivity contribution is 9.09. The lowest BCUT2D eigenvalue weighted by atomic mass is 9.95. The van der Waals surface area contributed by atoms with E-state index in [-0.39, 0.29) is 36.1 Å². The van der Waals surface area contributed by atoms with E-state index < -0.39 is 0 Å². The molecule has 276 valence electrons. The lowest BCUT2D eigenvalue weighted by Crippen LogP contribution is -2.28. The summed E-state index contributed by atoms with van der Waals surface area (Å²) in [4.78, 5) is 8.94. The topological polar surface area (TPSA) is 100.0 Å². The first-order valence-electron chi connectivity index (χ1n) is 17.4. The summed E-state index contributed by atoms with van der Waals surface area (Å²) in [5, 5.41) is 10.6. The van der Waals surface area contributed by atoms with E-state index in [0.717, 1.165) is 78.6 Å². The summed E-state index contributed by atoms with van der Waals surface area (Å²) in [7, 11) is 0. The summed E-state index contributed by atoms with van der Waals surface area (Å²) >= 11 is 3.13. The third kappa shape index (κ3) is 13.2. The average Bonchev–Trinajstić information content (AvgIpc) is 3.71. The largest absolute Gasteiger partial charge is 0.441 e. The number of benzene rings is 2. The summed E-state index contributed by atoms with van der Waals surface area (Å²) in [5.41, 5.74) is 3.03. The van der Waals surface area contributed by atoms with Crippen LogP contribution in [0.15, 0.2) is 82.7 Å². The number of halogens is 3. The van der Waals surface area contributed by atoms with Gasteiger partial charge in [-0.2, -0.15) is 0 Å². The van der Waals surface area contributed by atoms with Gasteiger partial charge in [0.15, 0.2) is 0 Å². The maximum atomic E-state index is 13.0. The molecule has 2 aliphatic rings. The fourth-order valence-corrected chi connectivity index (χ4v) is 5.83. The SMILES string of the molecule is C=CCBr.C=CCOC1CCCC(OCc2nc(-c3ccc(F)cc3)oc2C)C1.Cc1oc(-c2ccc(F)cc2)nc1COC1CCCC(O)C1. The summed E-state index contributed by atoms with van der Waals surface area (Å²) in [5.74, 6) is 1.84. The second-order valence-corrected chi connectivity index (χ2v) is 13.2. The molecule has 1 N–H and O–H groups in total. The minimum Gasteiger partial charge on any atom is -0.441 e. The van der Waals surface area contributed by atoms with E-state index in [0.29, 0.717) is 43.8 Å². The number of aliphatic hydroxyl groups excluding tert-OH is 1.